The number of phenolic OH excluding ortho intramolecular Hbond substituents is 1. The highest BCUT2D eigenvalue weighted by molar-refractivity contribution is 9.10. The molecule has 0 bridgehead atoms. The Morgan fingerprint density at radius 1 is 1.05 bits per heavy atom. The Bertz CT molecular complexity index is 1370. The molecule has 8 nitrogen and oxygen atoms in total. The van der Waals surface area contributed by atoms with Crippen LogP contribution in [0.15, 0.2) is 77.3 Å². The standard InChI is InChI=1S/C30H31BrFN3O5/c1-18-22(11-7-13-26(18)36)28(38)34-24(14-19-8-3-2-4-9-19)27(37)30(40)35-17-21(32)15-25(35)29(39)33-16-20-10-5-6-12-23(20)31/h2-13,21,24-25,27,36-37H,14-17H2,1H3,(H,33,39)(H,34,38)/t21-,24?,25-,27-/m0/s1. The van der Waals surface area contributed by atoms with Crippen LogP contribution in [0, 0.1) is 6.92 Å². The Balaban J connectivity index is 1.52. The Morgan fingerprint density at radius 3 is 2.48 bits per heavy atom. The van der Waals surface area contributed by atoms with Crippen LogP contribution < -0.4 is 10.6 Å². The van der Waals surface area contributed by atoms with E-state index >= 15 is 0 Å². The summed E-state index contributed by atoms with van der Waals surface area (Å²) in [4.78, 5) is 40.8. The van der Waals surface area contributed by atoms with Gasteiger partial charge in [-0.25, -0.2) is 4.39 Å². The molecule has 1 fully saturated rings. The molecule has 4 N–H and O–H groups in total. The van der Waals surface area contributed by atoms with Gasteiger partial charge in [0, 0.05) is 28.6 Å². The van der Waals surface area contributed by atoms with Crippen molar-refractivity contribution in [2.24, 2.45) is 0 Å². The molecular weight excluding hydrogens is 581 g/mol. The number of halogens is 2. The summed E-state index contributed by atoms with van der Waals surface area (Å²) < 4.78 is 15.3. The fourth-order valence-electron chi connectivity index (χ4n) is 4.79. The summed E-state index contributed by atoms with van der Waals surface area (Å²) in [6.45, 7) is 1.41. The van der Waals surface area contributed by atoms with E-state index in [0.29, 0.717) is 5.56 Å². The van der Waals surface area contributed by atoms with Crippen molar-refractivity contribution >= 4 is 33.7 Å². The number of carbonyl (C=O) groups excluding carboxylic acids is 3. The predicted octanol–water partition coefficient (Wildman–Crippen LogP) is 3.42. The van der Waals surface area contributed by atoms with E-state index in [2.05, 4.69) is 26.6 Å². The molecule has 4 atom stereocenters. The maximum Gasteiger partial charge on any atom is 0.254 e. The average Bonchev–Trinajstić information content (AvgIpc) is 3.35. The summed E-state index contributed by atoms with van der Waals surface area (Å²) in [5, 5.41) is 26.7. The monoisotopic (exact) mass is 611 g/mol. The molecule has 1 aliphatic heterocycles. The first-order valence-corrected chi connectivity index (χ1v) is 13.7. The smallest absolute Gasteiger partial charge is 0.254 e. The van der Waals surface area contributed by atoms with Crippen LogP contribution >= 0.6 is 15.9 Å². The van der Waals surface area contributed by atoms with Crippen LogP contribution in [0.2, 0.25) is 0 Å². The third kappa shape index (κ3) is 6.86. The first kappa shape index (κ1) is 29.2. The van der Waals surface area contributed by atoms with Gasteiger partial charge < -0.3 is 25.7 Å². The SMILES string of the molecule is Cc1c(O)cccc1C(=O)NC(Cc1ccccc1)[C@H](O)C(=O)N1C[C@@H](F)C[C@H]1C(=O)NCc1ccccc1Br. The molecule has 210 valence electrons. The van der Waals surface area contributed by atoms with E-state index in [4.69, 9.17) is 0 Å². The van der Waals surface area contributed by atoms with E-state index in [1.807, 2.05) is 30.3 Å². The minimum absolute atomic E-state index is 0.0636. The van der Waals surface area contributed by atoms with Gasteiger partial charge in [0.1, 0.15) is 18.0 Å². The number of carbonyl (C=O) groups is 3. The Hall–Kier alpha value is -3.76. The van der Waals surface area contributed by atoms with Crippen molar-refractivity contribution in [1.82, 2.24) is 15.5 Å². The van der Waals surface area contributed by atoms with Crippen molar-refractivity contribution in [3.05, 3.63) is 99.5 Å². The maximum atomic E-state index is 14.5. The zero-order valence-electron chi connectivity index (χ0n) is 21.9. The molecule has 3 aromatic carbocycles. The molecule has 10 heteroatoms. The lowest BCUT2D eigenvalue weighted by Gasteiger charge is -2.30. The topological polar surface area (TPSA) is 119 Å². The van der Waals surface area contributed by atoms with Crippen LogP contribution in [0.3, 0.4) is 0 Å². The number of amides is 3. The van der Waals surface area contributed by atoms with Crippen molar-refractivity contribution in [1.29, 1.82) is 0 Å². The summed E-state index contributed by atoms with van der Waals surface area (Å²) >= 11 is 3.42. The van der Waals surface area contributed by atoms with E-state index in [9.17, 15) is 29.0 Å². The Morgan fingerprint density at radius 2 is 1.75 bits per heavy atom. The van der Waals surface area contributed by atoms with Crippen molar-refractivity contribution in [3.8, 4) is 5.75 Å². The van der Waals surface area contributed by atoms with Crippen LogP contribution in [0.25, 0.3) is 0 Å². The average molecular weight is 612 g/mol. The zero-order valence-corrected chi connectivity index (χ0v) is 23.5. The summed E-state index contributed by atoms with van der Waals surface area (Å²) in [5.74, 6) is -2.04. The number of benzene rings is 3. The minimum atomic E-state index is -1.76. The third-order valence-corrected chi connectivity index (χ3v) is 7.82. The molecule has 1 unspecified atom stereocenters. The Labute approximate surface area is 240 Å². The summed E-state index contributed by atoms with van der Waals surface area (Å²) in [6.07, 6.45) is -3.29. The predicted molar refractivity (Wildman–Crippen MR) is 151 cm³/mol. The maximum absolute atomic E-state index is 14.5. The molecule has 1 aliphatic rings. The molecule has 3 aromatic rings. The lowest BCUT2D eigenvalue weighted by molar-refractivity contribution is -0.146. The normalized spacial score (nSPS) is 18.1. The number of hydrogen-bond acceptors (Lipinski definition) is 5. The second-order valence-electron chi connectivity index (χ2n) is 9.81. The van der Waals surface area contributed by atoms with Crippen LogP contribution in [-0.4, -0.2) is 63.7 Å². The molecule has 1 heterocycles. The van der Waals surface area contributed by atoms with Crippen molar-refractivity contribution in [3.63, 3.8) is 0 Å². The second-order valence-corrected chi connectivity index (χ2v) is 10.7. The fourth-order valence-corrected chi connectivity index (χ4v) is 5.21. The first-order valence-electron chi connectivity index (χ1n) is 12.9. The molecule has 0 radical (unpaired) electrons. The van der Waals surface area contributed by atoms with Gasteiger partial charge in [0.25, 0.3) is 11.8 Å². The molecule has 40 heavy (non-hydrogen) atoms. The van der Waals surface area contributed by atoms with Gasteiger partial charge in [0.2, 0.25) is 5.91 Å². The molecule has 4 rings (SSSR count). The molecular formula is C30H31BrFN3O5. The molecule has 3 amide bonds. The molecule has 0 aromatic heterocycles. The number of aliphatic hydroxyl groups excluding tert-OH is 1. The second kappa shape index (κ2) is 13.1. The van der Waals surface area contributed by atoms with Gasteiger partial charge >= 0.3 is 0 Å². The van der Waals surface area contributed by atoms with Gasteiger partial charge in [0.05, 0.1) is 12.6 Å². The summed E-state index contributed by atoms with van der Waals surface area (Å²) in [6, 6.07) is 18.6. The molecule has 0 saturated carbocycles. The van der Waals surface area contributed by atoms with Gasteiger partial charge in [-0.15, -0.1) is 0 Å². The van der Waals surface area contributed by atoms with Crippen molar-refractivity contribution < 1.29 is 29.0 Å². The number of hydrogen-bond donors (Lipinski definition) is 4. The summed E-state index contributed by atoms with van der Waals surface area (Å²) in [7, 11) is 0. The van der Waals surface area contributed by atoms with Crippen LogP contribution in [0.1, 0.15) is 33.5 Å². The van der Waals surface area contributed by atoms with Crippen molar-refractivity contribution in [2.45, 2.75) is 50.7 Å². The number of likely N-dealkylation sites (tertiary alicyclic amines) is 1. The van der Waals surface area contributed by atoms with E-state index < -0.39 is 42.1 Å². The first-order chi connectivity index (χ1) is 19.2. The highest BCUT2D eigenvalue weighted by Gasteiger charge is 2.43. The van der Waals surface area contributed by atoms with Gasteiger partial charge in [-0.05, 0) is 42.7 Å². The number of nitrogens with one attached hydrogen (secondary N) is 2. The minimum Gasteiger partial charge on any atom is -0.508 e. The third-order valence-electron chi connectivity index (χ3n) is 7.05. The van der Waals surface area contributed by atoms with Gasteiger partial charge in [0.15, 0.2) is 6.10 Å². The van der Waals surface area contributed by atoms with E-state index in [1.165, 1.54) is 18.2 Å². The van der Waals surface area contributed by atoms with Crippen molar-refractivity contribution in [2.75, 3.05) is 6.54 Å². The fraction of sp³-hybridized carbons (Fsp3) is 0.300. The molecule has 0 aliphatic carbocycles. The van der Waals surface area contributed by atoms with Crippen LogP contribution in [-0.2, 0) is 22.6 Å². The number of phenols is 1. The highest BCUT2D eigenvalue weighted by Crippen LogP contribution is 2.24. The highest BCUT2D eigenvalue weighted by atomic mass is 79.9. The van der Waals surface area contributed by atoms with E-state index in [-0.39, 0.29) is 37.2 Å². The van der Waals surface area contributed by atoms with Gasteiger partial charge in [-0.1, -0.05) is 70.5 Å². The lowest BCUT2D eigenvalue weighted by atomic mass is 9.98. The van der Waals surface area contributed by atoms with Gasteiger partial charge in [-0.3, -0.25) is 14.4 Å². The molecule has 0 spiro atoms. The van der Waals surface area contributed by atoms with E-state index in [1.54, 1.807) is 31.2 Å². The number of rotatable bonds is 9. The number of aliphatic hydroxyl groups is 1. The van der Waals surface area contributed by atoms with Gasteiger partial charge in [-0.2, -0.15) is 0 Å². The van der Waals surface area contributed by atoms with Crippen LogP contribution in [0.5, 0.6) is 5.75 Å². The Kier molecular flexibility index (Phi) is 9.54. The largest absolute Gasteiger partial charge is 0.508 e. The quantitative estimate of drug-likeness (QED) is 0.296. The zero-order chi connectivity index (χ0) is 28.8. The molecule has 1 saturated heterocycles. The lowest BCUT2D eigenvalue weighted by Crippen LogP contribution is -2.55. The van der Waals surface area contributed by atoms with Crippen LogP contribution in [0.4, 0.5) is 4.39 Å². The number of aromatic hydroxyl groups is 1. The number of alkyl halides is 1. The van der Waals surface area contributed by atoms with E-state index in [0.717, 1.165) is 20.5 Å². The summed E-state index contributed by atoms with van der Waals surface area (Å²) in [5.41, 5.74) is 2.10. The number of nitrogens with zero attached hydrogens (tertiary/aromatic N) is 1.